The van der Waals surface area contributed by atoms with Crippen molar-refractivity contribution in [3.05, 3.63) is 60.2 Å². The number of ether oxygens (including phenoxy) is 3. The third kappa shape index (κ3) is 5.22. The summed E-state index contributed by atoms with van der Waals surface area (Å²) in [5, 5.41) is 2.92. The minimum atomic E-state index is -0.143. The predicted octanol–water partition coefficient (Wildman–Crippen LogP) is 3.05. The fourth-order valence-electron chi connectivity index (χ4n) is 2.72. The number of carbonyl (C=O) groups is 1. The van der Waals surface area contributed by atoms with E-state index in [-0.39, 0.29) is 12.0 Å². The van der Waals surface area contributed by atoms with Crippen molar-refractivity contribution in [3.8, 4) is 11.5 Å². The minimum Gasteiger partial charge on any atom is -0.490 e. The Bertz CT molecular complexity index is 668. The van der Waals surface area contributed by atoms with E-state index in [4.69, 9.17) is 14.2 Å². The van der Waals surface area contributed by atoms with Gasteiger partial charge in [-0.3, -0.25) is 4.79 Å². The Hall–Kier alpha value is -2.53. The first-order valence-electron chi connectivity index (χ1n) is 8.62. The highest BCUT2D eigenvalue weighted by Crippen LogP contribution is 2.18. The Morgan fingerprint density at radius 3 is 2.60 bits per heavy atom. The van der Waals surface area contributed by atoms with E-state index >= 15 is 0 Å². The minimum absolute atomic E-state index is 0.122. The second-order valence-corrected chi connectivity index (χ2v) is 5.85. The zero-order chi connectivity index (χ0) is 17.3. The number of amides is 1. The summed E-state index contributed by atoms with van der Waals surface area (Å²) in [5.41, 5.74) is 0.528. The van der Waals surface area contributed by atoms with E-state index in [9.17, 15) is 4.79 Å². The van der Waals surface area contributed by atoms with Crippen LogP contribution in [0.4, 0.5) is 0 Å². The van der Waals surface area contributed by atoms with Crippen LogP contribution in [0.2, 0.25) is 0 Å². The second-order valence-electron chi connectivity index (χ2n) is 5.85. The van der Waals surface area contributed by atoms with Crippen molar-refractivity contribution in [2.45, 2.75) is 18.9 Å². The predicted molar refractivity (Wildman–Crippen MR) is 95.2 cm³/mol. The summed E-state index contributed by atoms with van der Waals surface area (Å²) >= 11 is 0. The lowest BCUT2D eigenvalue weighted by Crippen LogP contribution is -2.32. The van der Waals surface area contributed by atoms with E-state index in [0.717, 1.165) is 25.2 Å². The summed E-state index contributed by atoms with van der Waals surface area (Å²) in [7, 11) is 0. The van der Waals surface area contributed by atoms with Crippen LogP contribution in [0.15, 0.2) is 54.6 Å². The number of hydrogen-bond acceptors (Lipinski definition) is 4. The standard InChI is InChI=1S/C20H23NO4/c22-20(21-15-17-9-6-12-23-17)18-10-4-5-11-19(18)25-14-13-24-16-7-2-1-3-8-16/h1-5,7-8,10-11,17H,6,9,12-15H2,(H,21,22). The average Bonchev–Trinajstić information content (AvgIpc) is 3.18. The summed E-state index contributed by atoms with van der Waals surface area (Å²) in [6.07, 6.45) is 2.17. The SMILES string of the molecule is O=C(NCC1CCCO1)c1ccccc1OCCOc1ccccc1. The van der Waals surface area contributed by atoms with Crippen LogP contribution in [0, 0.1) is 0 Å². The van der Waals surface area contributed by atoms with E-state index < -0.39 is 0 Å². The van der Waals surface area contributed by atoms with Gasteiger partial charge in [0.2, 0.25) is 0 Å². The smallest absolute Gasteiger partial charge is 0.255 e. The number of rotatable bonds is 8. The van der Waals surface area contributed by atoms with Crippen molar-refractivity contribution >= 4 is 5.91 Å². The molecule has 5 nitrogen and oxygen atoms in total. The molecule has 5 heteroatoms. The number of nitrogens with one attached hydrogen (secondary N) is 1. The van der Waals surface area contributed by atoms with Gasteiger partial charge in [0.15, 0.2) is 0 Å². The monoisotopic (exact) mass is 341 g/mol. The first-order chi connectivity index (χ1) is 12.3. The second kappa shape index (κ2) is 9.08. The zero-order valence-corrected chi connectivity index (χ0v) is 14.1. The fourth-order valence-corrected chi connectivity index (χ4v) is 2.72. The lowest BCUT2D eigenvalue weighted by Gasteiger charge is -2.14. The molecule has 132 valence electrons. The van der Waals surface area contributed by atoms with Gasteiger partial charge in [0, 0.05) is 13.2 Å². The van der Waals surface area contributed by atoms with Crippen molar-refractivity contribution in [2.24, 2.45) is 0 Å². The highest BCUT2D eigenvalue weighted by molar-refractivity contribution is 5.96. The topological polar surface area (TPSA) is 56.8 Å². The number of hydrogen-bond donors (Lipinski definition) is 1. The zero-order valence-electron chi connectivity index (χ0n) is 14.1. The Kier molecular flexibility index (Phi) is 6.29. The highest BCUT2D eigenvalue weighted by atomic mass is 16.5. The summed E-state index contributed by atoms with van der Waals surface area (Å²) in [6.45, 7) is 2.09. The maximum atomic E-state index is 12.4. The van der Waals surface area contributed by atoms with Gasteiger partial charge in [-0.1, -0.05) is 30.3 Å². The quantitative estimate of drug-likeness (QED) is 0.750. The molecule has 0 radical (unpaired) electrons. The molecule has 1 amide bonds. The van der Waals surface area contributed by atoms with Gasteiger partial charge < -0.3 is 19.5 Å². The molecule has 1 N–H and O–H groups in total. The molecule has 0 spiro atoms. The van der Waals surface area contributed by atoms with Gasteiger partial charge in [0.1, 0.15) is 24.7 Å². The molecule has 2 aromatic rings. The molecule has 1 saturated heterocycles. The first kappa shape index (κ1) is 17.3. The number of para-hydroxylation sites is 2. The average molecular weight is 341 g/mol. The Labute approximate surface area is 147 Å². The summed E-state index contributed by atoms with van der Waals surface area (Å²) in [6, 6.07) is 16.8. The Morgan fingerprint density at radius 2 is 1.80 bits per heavy atom. The molecule has 0 aliphatic carbocycles. The third-order valence-corrected chi connectivity index (χ3v) is 4.00. The molecule has 0 bridgehead atoms. The molecule has 0 saturated carbocycles. The van der Waals surface area contributed by atoms with Gasteiger partial charge in [-0.05, 0) is 37.1 Å². The van der Waals surface area contributed by atoms with Gasteiger partial charge in [-0.2, -0.15) is 0 Å². The van der Waals surface area contributed by atoms with Crippen LogP contribution in [-0.4, -0.2) is 38.4 Å². The Morgan fingerprint density at radius 1 is 1.04 bits per heavy atom. The highest BCUT2D eigenvalue weighted by Gasteiger charge is 2.18. The molecule has 1 unspecified atom stereocenters. The van der Waals surface area contributed by atoms with Gasteiger partial charge in [-0.15, -0.1) is 0 Å². The fraction of sp³-hybridized carbons (Fsp3) is 0.350. The van der Waals surface area contributed by atoms with E-state index in [0.29, 0.717) is 31.1 Å². The van der Waals surface area contributed by atoms with Crippen molar-refractivity contribution in [3.63, 3.8) is 0 Å². The van der Waals surface area contributed by atoms with Crippen LogP contribution in [0.1, 0.15) is 23.2 Å². The van der Waals surface area contributed by atoms with Crippen molar-refractivity contribution < 1.29 is 19.0 Å². The first-order valence-corrected chi connectivity index (χ1v) is 8.62. The van der Waals surface area contributed by atoms with Gasteiger partial charge in [0.05, 0.1) is 11.7 Å². The van der Waals surface area contributed by atoms with E-state index in [2.05, 4.69) is 5.32 Å². The largest absolute Gasteiger partial charge is 0.490 e. The molecule has 1 fully saturated rings. The lowest BCUT2D eigenvalue weighted by atomic mass is 10.1. The van der Waals surface area contributed by atoms with Crippen LogP contribution in [0.3, 0.4) is 0 Å². The molecular formula is C20H23NO4. The summed E-state index contributed by atoms with van der Waals surface area (Å²) in [5.74, 6) is 1.22. The number of carbonyl (C=O) groups excluding carboxylic acids is 1. The van der Waals surface area contributed by atoms with Gasteiger partial charge in [0.25, 0.3) is 5.91 Å². The van der Waals surface area contributed by atoms with Crippen molar-refractivity contribution in [1.82, 2.24) is 5.32 Å². The van der Waals surface area contributed by atoms with Crippen molar-refractivity contribution in [1.29, 1.82) is 0 Å². The number of benzene rings is 2. The van der Waals surface area contributed by atoms with E-state index in [1.54, 1.807) is 12.1 Å². The van der Waals surface area contributed by atoms with E-state index in [1.807, 2.05) is 42.5 Å². The van der Waals surface area contributed by atoms with Gasteiger partial charge in [-0.25, -0.2) is 0 Å². The molecule has 3 rings (SSSR count). The van der Waals surface area contributed by atoms with Crippen LogP contribution in [0.5, 0.6) is 11.5 Å². The molecular weight excluding hydrogens is 318 g/mol. The maximum absolute atomic E-state index is 12.4. The van der Waals surface area contributed by atoms with Crippen LogP contribution in [0.25, 0.3) is 0 Å². The van der Waals surface area contributed by atoms with Crippen LogP contribution >= 0.6 is 0 Å². The molecule has 1 atom stereocenters. The van der Waals surface area contributed by atoms with E-state index in [1.165, 1.54) is 0 Å². The molecule has 1 heterocycles. The van der Waals surface area contributed by atoms with Gasteiger partial charge >= 0.3 is 0 Å². The van der Waals surface area contributed by atoms with Crippen LogP contribution < -0.4 is 14.8 Å². The Balaban J connectivity index is 1.48. The molecule has 1 aliphatic heterocycles. The third-order valence-electron chi connectivity index (χ3n) is 4.00. The molecule has 25 heavy (non-hydrogen) atoms. The molecule has 0 aromatic heterocycles. The summed E-state index contributed by atoms with van der Waals surface area (Å²) < 4.78 is 16.9. The molecule has 2 aromatic carbocycles. The summed E-state index contributed by atoms with van der Waals surface area (Å²) in [4.78, 5) is 12.4. The van der Waals surface area contributed by atoms with Crippen molar-refractivity contribution in [2.75, 3.05) is 26.4 Å². The van der Waals surface area contributed by atoms with Crippen LogP contribution in [-0.2, 0) is 4.74 Å². The maximum Gasteiger partial charge on any atom is 0.255 e. The normalized spacial score (nSPS) is 16.4. The lowest BCUT2D eigenvalue weighted by molar-refractivity contribution is 0.0853. The molecule has 1 aliphatic rings.